The summed E-state index contributed by atoms with van der Waals surface area (Å²) < 4.78 is 10.5. The number of ether oxygens (including phenoxy) is 2. The Morgan fingerprint density at radius 2 is 1.16 bits per heavy atom. The Hall–Kier alpha value is -1.88. The van der Waals surface area contributed by atoms with Crippen LogP contribution in [0.5, 0.6) is 0 Å². The highest BCUT2D eigenvalue weighted by Crippen LogP contribution is 2.11. The van der Waals surface area contributed by atoms with E-state index in [1.807, 2.05) is 0 Å². The third-order valence-corrected chi connectivity index (χ3v) is 6.20. The molecule has 214 valence electrons. The molecule has 0 saturated heterocycles. The van der Waals surface area contributed by atoms with Crippen LogP contribution in [-0.4, -0.2) is 36.4 Å². The maximum atomic E-state index is 12.0. The topological polar surface area (TPSA) is 72.8 Å². The quantitative estimate of drug-likeness (QED) is 0.0702. The van der Waals surface area contributed by atoms with E-state index in [0.29, 0.717) is 12.8 Å². The van der Waals surface area contributed by atoms with Gasteiger partial charge in [0.2, 0.25) is 0 Å². The number of carbonyl (C=O) groups is 2. The Kier molecular flexibility index (Phi) is 27.2. The van der Waals surface area contributed by atoms with Crippen LogP contribution in [0.2, 0.25) is 0 Å². The molecule has 0 amide bonds. The predicted octanol–water partition coefficient (Wildman–Crippen LogP) is 8.55. The molecule has 5 nitrogen and oxygen atoms in total. The van der Waals surface area contributed by atoms with Crippen LogP contribution in [0.25, 0.3) is 0 Å². The van der Waals surface area contributed by atoms with Gasteiger partial charge in [0.15, 0.2) is 6.10 Å². The summed E-state index contributed by atoms with van der Waals surface area (Å²) in [5.74, 6) is -0.619. The molecule has 0 saturated carbocycles. The number of esters is 2. The van der Waals surface area contributed by atoms with Gasteiger partial charge < -0.3 is 14.6 Å². The lowest BCUT2D eigenvalue weighted by Gasteiger charge is -2.15. The minimum absolute atomic E-state index is 0.0721. The molecule has 0 aromatic carbocycles. The first-order chi connectivity index (χ1) is 18.1. The molecule has 37 heavy (non-hydrogen) atoms. The van der Waals surface area contributed by atoms with Crippen molar-refractivity contribution in [2.24, 2.45) is 0 Å². The maximum Gasteiger partial charge on any atom is 0.306 e. The van der Waals surface area contributed by atoms with E-state index in [0.717, 1.165) is 70.6 Å². The summed E-state index contributed by atoms with van der Waals surface area (Å²) in [4.78, 5) is 23.9. The first kappa shape index (κ1) is 35.1. The van der Waals surface area contributed by atoms with Gasteiger partial charge in [-0.3, -0.25) is 9.59 Å². The first-order valence-electron chi connectivity index (χ1n) is 15.0. The average Bonchev–Trinajstić information content (AvgIpc) is 2.90. The van der Waals surface area contributed by atoms with Crippen molar-refractivity contribution in [3.8, 4) is 0 Å². The molecule has 5 heteroatoms. The van der Waals surface area contributed by atoms with Crippen molar-refractivity contribution >= 4 is 11.9 Å². The fourth-order valence-corrected chi connectivity index (χ4v) is 3.92. The third kappa shape index (κ3) is 27.0. The van der Waals surface area contributed by atoms with E-state index in [1.165, 1.54) is 38.5 Å². The molecule has 0 spiro atoms. The van der Waals surface area contributed by atoms with Crippen molar-refractivity contribution in [3.05, 3.63) is 36.5 Å². The third-order valence-electron chi connectivity index (χ3n) is 6.20. The molecule has 0 aliphatic heterocycles. The second-order valence-electron chi connectivity index (χ2n) is 9.80. The molecule has 0 aromatic rings. The van der Waals surface area contributed by atoms with E-state index >= 15 is 0 Å². The molecule has 1 N–H and O–H groups in total. The zero-order chi connectivity index (χ0) is 27.2. The molecule has 0 aliphatic carbocycles. The number of hydrogen-bond acceptors (Lipinski definition) is 5. The summed E-state index contributed by atoms with van der Waals surface area (Å²) in [6.07, 6.45) is 32.0. The van der Waals surface area contributed by atoms with E-state index in [9.17, 15) is 14.7 Å². The number of carbonyl (C=O) groups excluding carboxylic acids is 2. The van der Waals surface area contributed by atoms with Gasteiger partial charge in [-0.2, -0.15) is 0 Å². The Bertz CT molecular complexity index is 608. The van der Waals surface area contributed by atoms with Crippen LogP contribution in [0, 0.1) is 0 Å². The number of aliphatic hydroxyl groups excluding tert-OH is 1. The molecular weight excluding hydrogens is 464 g/mol. The number of hydrogen-bond donors (Lipinski definition) is 1. The summed E-state index contributed by atoms with van der Waals surface area (Å²) in [6, 6.07) is 0. The number of rotatable bonds is 26. The van der Waals surface area contributed by atoms with E-state index in [4.69, 9.17) is 9.47 Å². The Morgan fingerprint density at radius 1 is 0.649 bits per heavy atom. The zero-order valence-corrected chi connectivity index (χ0v) is 24.0. The Labute approximate surface area is 227 Å². The highest BCUT2D eigenvalue weighted by molar-refractivity contribution is 5.70. The van der Waals surface area contributed by atoms with E-state index in [-0.39, 0.29) is 25.2 Å². The van der Waals surface area contributed by atoms with Crippen molar-refractivity contribution < 1.29 is 24.2 Å². The SMILES string of the molecule is CC/C=C\C/C=C\C/C=C\CCCCCCCC(=O)OC(CO)COC(=O)CCCCCCCCCC. The molecule has 0 heterocycles. The fraction of sp³-hybridized carbons (Fsp3) is 0.750. The Morgan fingerprint density at radius 3 is 1.76 bits per heavy atom. The van der Waals surface area contributed by atoms with Crippen LogP contribution < -0.4 is 0 Å². The maximum absolute atomic E-state index is 12.0. The van der Waals surface area contributed by atoms with Gasteiger partial charge in [0.25, 0.3) is 0 Å². The molecule has 1 unspecified atom stereocenters. The van der Waals surface area contributed by atoms with Crippen LogP contribution in [0.4, 0.5) is 0 Å². The van der Waals surface area contributed by atoms with Gasteiger partial charge in [-0.05, 0) is 44.9 Å². The molecule has 0 bridgehead atoms. The van der Waals surface area contributed by atoms with E-state index < -0.39 is 6.10 Å². The van der Waals surface area contributed by atoms with Gasteiger partial charge in [0.05, 0.1) is 6.61 Å². The van der Waals surface area contributed by atoms with Gasteiger partial charge in [-0.25, -0.2) is 0 Å². The van der Waals surface area contributed by atoms with Crippen LogP contribution >= 0.6 is 0 Å². The van der Waals surface area contributed by atoms with Crippen LogP contribution in [-0.2, 0) is 19.1 Å². The predicted molar refractivity (Wildman–Crippen MR) is 154 cm³/mol. The zero-order valence-electron chi connectivity index (χ0n) is 24.0. The molecule has 0 fully saturated rings. The minimum Gasteiger partial charge on any atom is -0.462 e. The molecule has 1 atom stereocenters. The number of unbranched alkanes of at least 4 members (excludes halogenated alkanes) is 12. The molecular formula is C32H56O5. The standard InChI is InChI=1S/C32H56O5/c1-3-5-7-9-11-13-14-15-16-17-18-19-21-23-25-27-32(35)37-30(28-33)29-36-31(34)26-24-22-20-12-10-8-6-4-2/h5,7,11,13,15-16,30,33H,3-4,6,8-10,12,14,17-29H2,1-2H3/b7-5-,13-11-,16-15-. The van der Waals surface area contributed by atoms with Crippen molar-refractivity contribution in [1.82, 2.24) is 0 Å². The van der Waals surface area contributed by atoms with Crippen molar-refractivity contribution in [3.63, 3.8) is 0 Å². The summed E-state index contributed by atoms with van der Waals surface area (Å²) in [5.41, 5.74) is 0. The van der Waals surface area contributed by atoms with Gasteiger partial charge in [-0.15, -0.1) is 0 Å². The normalized spacial score (nSPS) is 12.6. The average molecular weight is 521 g/mol. The van der Waals surface area contributed by atoms with Gasteiger partial charge in [0, 0.05) is 12.8 Å². The fourth-order valence-electron chi connectivity index (χ4n) is 3.92. The molecule has 0 aromatic heterocycles. The largest absolute Gasteiger partial charge is 0.462 e. The van der Waals surface area contributed by atoms with Crippen molar-refractivity contribution in [2.45, 2.75) is 142 Å². The number of aliphatic hydroxyl groups is 1. The van der Waals surface area contributed by atoms with Gasteiger partial charge >= 0.3 is 11.9 Å². The summed E-state index contributed by atoms with van der Waals surface area (Å²) in [5, 5.41) is 9.45. The molecule has 0 aliphatic rings. The smallest absolute Gasteiger partial charge is 0.306 e. The van der Waals surface area contributed by atoms with E-state index in [1.54, 1.807) is 0 Å². The highest BCUT2D eigenvalue weighted by atomic mass is 16.6. The minimum atomic E-state index is -0.774. The lowest BCUT2D eigenvalue weighted by atomic mass is 10.1. The lowest BCUT2D eigenvalue weighted by molar-refractivity contribution is -0.161. The lowest BCUT2D eigenvalue weighted by Crippen LogP contribution is -2.28. The van der Waals surface area contributed by atoms with Gasteiger partial charge in [0.1, 0.15) is 6.61 Å². The van der Waals surface area contributed by atoms with Crippen LogP contribution in [0.15, 0.2) is 36.5 Å². The summed E-state index contributed by atoms with van der Waals surface area (Å²) in [7, 11) is 0. The number of allylic oxidation sites excluding steroid dienone is 6. The Balaban J connectivity index is 3.65. The monoisotopic (exact) mass is 520 g/mol. The van der Waals surface area contributed by atoms with Crippen molar-refractivity contribution in [2.75, 3.05) is 13.2 Å². The summed E-state index contributed by atoms with van der Waals surface area (Å²) in [6.45, 7) is 3.95. The first-order valence-corrected chi connectivity index (χ1v) is 15.0. The van der Waals surface area contributed by atoms with Crippen LogP contribution in [0.1, 0.15) is 136 Å². The second-order valence-corrected chi connectivity index (χ2v) is 9.80. The van der Waals surface area contributed by atoms with E-state index in [2.05, 4.69) is 50.3 Å². The van der Waals surface area contributed by atoms with Gasteiger partial charge in [-0.1, -0.05) is 115 Å². The molecule has 0 radical (unpaired) electrons. The second kappa shape index (κ2) is 28.7. The molecule has 0 rings (SSSR count). The highest BCUT2D eigenvalue weighted by Gasteiger charge is 2.16. The van der Waals surface area contributed by atoms with Crippen molar-refractivity contribution in [1.29, 1.82) is 0 Å². The summed E-state index contributed by atoms with van der Waals surface area (Å²) >= 11 is 0. The van der Waals surface area contributed by atoms with Crippen LogP contribution in [0.3, 0.4) is 0 Å².